The molecule has 0 aliphatic carbocycles. The van der Waals surface area contributed by atoms with Crippen LogP contribution in [0.3, 0.4) is 0 Å². The number of para-hydroxylation sites is 1. The number of nitrogens with zero attached hydrogens (tertiary/aromatic N) is 4. The molecule has 0 bridgehead atoms. The summed E-state index contributed by atoms with van der Waals surface area (Å²) in [5, 5.41) is 11.1. The van der Waals surface area contributed by atoms with Crippen molar-refractivity contribution in [2.24, 2.45) is 0 Å². The fourth-order valence-corrected chi connectivity index (χ4v) is 2.21. The van der Waals surface area contributed by atoms with Gasteiger partial charge in [0.15, 0.2) is 5.82 Å². The van der Waals surface area contributed by atoms with Crippen molar-refractivity contribution in [1.29, 1.82) is 0 Å². The van der Waals surface area contributed by atoms with Crippen LogP contribution in [0.5, 0.6) is 0 Å². The fourth-order valence-electron chi connectivity index (χ4n) is 2.21. The van der Waals surface area contributed by atoms with Crippen LogP contribution in [-0.2, 0) is 0 Å². The molecule has 2 aromatic carbocycles. The Bertz CT molecular complexity index is 859. The summed E-state index contributed by atoms with van der Waals surface area (Å²) >= 11 is 0. The van der Waals surface area contributed by atoms with Gasteiger partial charge >= 0.3 is 0 Å². The van der Waals surface area contributed by atoms with Crippen LogP contribution in [0.4, 0.5) is 17.6 Å². The first-order valence-electron chi connectivity index (χ1n) is 6.66. The van der Waals surface area contributed by atoms with Gasteiger partial charge in [0.25, 0.3) is 5.69 Å². The minimum absolute atomic E-state index is 0.0373. The number of anilines is 2. The van der Waals surface area contributed by atoms with Crippen LogP contribution in [0, 0.1) is 10.1 Å². The normalized spacial score (nSPS) is 10.4. The van der Waals surface area contributed by atoms with Gasteiger partial charge in [0, 0.05) is 11.6 Å². The Balaban J connectivity index is 2.02. The lowest BCUT2D eigenvalue weighted by atomic mass is 10.0. The molecule has 0 fully saturated rings. The highest BCUT2D eigenvalue weighted by Crippen LogP contribution is 2.30. The number of benzene rings is 2. The molecule has 3 aromatic rings. The molecule has 0 radical (unpaired) electrons. The van der Waals surface area contributed by atoms with E-state index in [-0.39, 0.29) is 17.6 Å². The highest BCUT2D eigenvalue weighted by Gasteiger charge is 2.14. The Morgan fingerprint density at radius 1 is 0.826 bits per heavy atom. The van der Waals surface area contributed by atoms with Gasteiger partial charge in [0.05, 0.1) is 10.5 Å². The van der Waals surface area contributed by atoms with Crippen molar-refractivity contribution in [3.05, 3.63) is 58.6 Å². The van der Waals surface area contributed by atoms with Crippen LogP contribution < -0.4 is 11.5 Å². The van der Waals surface area contributed by atoms with Gasteiger partial charge in [-0.2, -0.15) is 15.0 Å². The number of nitro benzene ring substituents is 1. The van der Waals surface area contributed by atoms with Crippen molar-refractivity contribution >= 4 is 17.6 Å². The van der Waals surface area contributed by atoms with E-state index in [9.17, 15) is 10.1 Å². The lowest BCUT2D eigenvalue weighted by molar-refractivity contribution is -0.384. The zero-order valence-electron chi connectivity index (χ0n) is 11.9. The van der Waals surface area contributed by atoms with Crippen LogP contribution >= 0.6 is 0 Å². The number of nitro groups is 1. The molecule has 0 aliphatic heterocycles. The summed E-state index contributed by atoms with van der Waals surface area (Å²) in [4.78, 5) is 22.5. The quantitative estimate of drug-likeness (QED) is 0.559. The number of nitrogens with two attached hydrogens (primary N) is 2. The molecule has 8 heteroatoms. The Hall–Kier alpha value is -3.55. The van der Waals surface area contributed by atoms with E-state index in [1.807, 2.05) is 0 Å². The number of hydrogen-bond acceptors (Lipinski definition) is 7. The molecule has 114 valence electrons. The third-order valence-electron chi connectivity index (χ3n) is 3.22. The predicted molar refractivity (Wildman–Crippen MR) is 86.2 cm³/mol. The van der Waals surface area contributed by atoms with Crippen molar-refractivity contribution < 1.29 is 4.92 Å². The summed E-state index contributed by atoms with van der Waals surface area (Å²) in [6, 6.07) is 13.6. The highest BCUT2D eigenvalue weighted by molar-refractivity contribution is 5.75. The third kappa shape index (κ3) is 2.91. The topological polar surface area (TPSA) is 134 Å². The third-order valence-corrected chi connectivity index (χ3v) is 3.22. The monoisotopic (exact) mass is 308 g/mol. The molecular formula is C15H12N6O2. The molecule has 0 aliphatic rings. The smallest absolute Gasteiger partial charge is 0.277 e. The van der Waals surface area contributed by atoms with Gasteiger partial charge in [-0.3, -0.25) is 10.1 Å². The summed E-state index contributed by atoms with van der Waals surface area (Å²) in [5.74, 6) is 0.426. The summed E-state index contributed by atoms with van der Waals surface area (Å²) in [7, 11) is 0. The molecule has 0 amide bonds. The largest absolute Gasteiger partial charge is 0.368 e. The van der Waals surface area contributed by atoms with Gasteiger partial charge in [-0.1, -0.05) is 36.4 Å². The summed E-state index contributed by atoms with van der Waals surface area (Å²) in [5.41, 5.74) is 13.1. The number of nitrogen functional groups attached to an aromatic ring is 2. The minimum Gasteiger partial charge on any atom is -0.368 e. The zero-order valence-corrected chi connectivity index (χ0v) is 11.9. The lowest BCUT2D eigenvalue weighted by Gasteiger charge is -2.05. The van der Waals surface area contributed by atoms with E-state index in [1.165, 1.54) is 6.07 Å². The molecule has 1 heterocycles. The maximum atomic E-state index is 11.1. The average Bonchev–Trinajstić information content (AvgIpc) is 2.54. The number of rotatable bonds is 3. The Labute approximate surface area is 131 Å². The Kier molecular flexibility index (Phi) is 3.55. The van der Waals surface area contributed by atoms with Gasteiger partial charge in [0.1, 0.15) is 0 Å². The van der Waals surface area contributed by atoms with Gasteiger partial charge in [-0.05, 0) is 11.6 Å². The number of aromatic nitrogens is 3. The van der Waals surface area contributed by atoms with Gasteiger partial charge in [-0.15, -0.1) is 0 Å². The van der Waals surface area contributed by atoms with E-state index >= 15 is 0 Å². The second-order valence-electron chi connectivity index (χ2n) is 4.73. The first-order valence-corrected chi connectivity index (χ1v) is 6.66. The molecule has 4 N–H and O–H groups in total. The molecule has 23 heavy (non-hydrogen) atoms. The first-order chi connectivity index (χ1) is 11.0. The van der Waals surface area contributed by atoms with Crippen LogP contribution in [0.25, 0.3) is 22.5 Å². The maximum Gasteiger partial charge on any atom is 0.277 e. The summed E-state index contributed by atoms with van der Waals surface area (Å²) < 4.78 is 0. The second-order valence-corrected chi connectivity index (χ2v) is 4.73. The molecule has 0 atom stereocenters. The molecule has 0 saturated carbocycles. The van der Waals surface area contributed by atoms with E-state index in [1.54, 1.807) is 42.5 Å². The average molecular weight is 308 g/mol. The lowest BCUT2D eigenvalue weighted by Crippen LogP contribution is -2.04. The van der Waals surface area contributed by atoms with Crippen molar-refractivity contribution in [2.75, 3.05) is 11.5 Å². The van der Waals surface area contributed by atoms with E-state index in [2.05, 4.69) is 15.0 Å². The first kappa shape index (κ1) is 14.4. The fraction of sp³-hybridized carbons (Fsp3) is 0. The molecule has 3 rings (SSSR count). The predicted octanol–water partition coefficient (Wildman–Crippen LogP) is 2.28. The molecule has 1 aromatic heterocycles. The second kappa shape index (κ2) is 5.68. The number of hydrogen-bond donors (Lipinski definition) is 2. The standard InChI is InChI=1S/C15H12N6O2/c16-14-18-13(19-15(17)20-14)10-7-5-9(6-8-10)11-3-1-2-4-12(11)21(22)23/h1-8H,(H4,16,17,18,19,20). The maximum absolute atomic E-state index is 11.1. The van der Waals surface area contributed by atoms with Crippen molar-refractivity contribution in [1.82, 2.24) is 15.0 Å². The van der Waals surface area contributed by atoms with Crippen LogP contribution in [0.1, 0.15) is 0 Å². The van der Waals surface area contributed by atoms with Gasteiger partial charge in [0.2, 0.25) is 11.9 Å². The van der Waals surface area contributed by atoms with Crippen LogP contribution in [0.2, 0.25) is 0 Å². The van der Waals surface area contributed by atoms with Gasteiger partial charge in [-0.25, -0.2) is 0 Å². The zero-order chi connectivity index (χ0) is 16.4. The van der Waals surface area contributed by atoms with E-state index in [4.69, 9.17) is 11.5 Å². The summed E-state index contributed by atoms with van der Waals surface area (Å²) in [6.45, 7) is 0. The SMILES string of the molecule is Nc1nc(N)nc(-c2ccc(-c3ccccc3[N+](=O)[O-])cc2)n1. The minimum atomic E-state index is -0.406. The van der Waals surface area contributed by atoms with E-state index in [0.29, 0.717) is 17.0 Å². The van der Waals surface area contributed by atoms with Gasteiger partial charge < -0.3 is 11.5 Å². The highest BCUT2D eigenvalue weighted by atomic mass is 16.6. The molecule has 0 saturated heterocycles. The molecular weight excluding hydrogens is 296 g/mol. The van der Waals surface area contributed by atoms with Crippen LogP contribution in [-0.4, -0.2) is 19.9 Å². The summed E-state index contributed by atoms with van der Waals surface area (Å²) in [6.07, 6.45) is 0. The van der Waals surface area contributed by atoms with Crippen LogP contribution in [0.15, 0.2) is 48.5 Å². The molecule has 0 spiro atoms. The van der Waals surface area contributed by atoms with E-state index in [0.717, 1.165) is 5.56 Å². The van der Waals surface area contributed by atoms with E-state index < -0.39 is 4.92 Å². The van der Waals surface area contributed by atoms with Crippen molar-refractivity contribution in [3.63, 3.8) is 0 Å². The van der Waals surface area contributed by atoms with Crippen molar-refractivity contribution in [2.45, 2.75) is 0 Å². The molecule has 0 unspecified atom stereocenters. The van der Waals surface area contributed by atoms with Crippen molar-refractivity contribution in [3.8, 4) is 22.5 Å². The Morgan fingerprint density at radius 3 is 2.00 bits per heavy atom. The molecule has 8 nitrogen and oxygen atoms in total. The Morgan fingerprint density at radius 2 is 1.39 bits per heavy atom.